The molecule has 0 saturated heterocycles. The molecule has 0 radical (unpaired) electrons. The number of aromatic hydroxyl groups is 1. The van der Waals surface area contributed by atoms with Gasteiger partial charge in [0.25, 0.3) is 5.69 Å². The first-order valence-corrected chi connectivity index (χ1v) is 9.14. The number of hydrogen-bond donors (Lipinski definition) is 1. The quantitative estimate of drug-likeness (QED) is 0.414. The SMILES string of the molecule is C[N+]1=C(c2ccccc2)C(C)(Cc2cc([N+](=O)[O-])ccc2O)c2ccccc21. The number of nitrogens with zero attached hydrogens (tertiary/aromatic N) is 2. The van der Waals surface area contributed by atoms with Crippen LogP contribution in [0, 0.1) is 10.1 Å². The van der Waals surface area contributed by atoms with Crippen LogP contribution in [0.5, 0.6) is 5.75 Å². The molecule has 1 atom stereocenters. The molecule has 1 N–H and O–H groups in total. The van der Waals surface area contributed by atoms with Gasteiger partial charge in [0.2, 0.25) is 5.69 Å². The van der Waals surface area contributed by atoms with Crippen LogP contribution >= 0.6 is 0 Å². The Bertz CT molecular complexity index is 1110. The molecule has 3 aromatic carbocycles. The number of non-ortho nitro benzene ring substituents is 1. The van der Waals surface area contributed by atoms with Crippen LogP contribution in [0.2, 0.25) is 0 Å². The highest BCUT2D eigenvalue weighted by molar-refractivity contribution is 6.07. The molecule has 0 spiro atoms. The lowest BCUT2D eigenvalue weighted by molar-refractivity contribution is -0.402. The number of benzene rings is 3. The summed E-state index contributed by atoms with van der Waals surface area (Å²) in [4.78, 5) is 10.8. The van der Waals surface area contributed by atoms with Gasteiger partial charge in [0.1, 0.15) is 12.8 Å². The van der Waals surface area contributed by atoms with E-state index in [-0.39, 0.29) is 11.4 Å². The molecule has 1 aliphatic heterocycles. The molecule has 140 valence electrons. The van der Waals surface area contributed by atoms with Crippen LogP contribution in [0.25, 0.3) is 0 Å². The zero-order chi connectivity index (χ0) is 19.9. The van der Waals surface area contributed by atoms with Crippen LogP contribution in [0.15, 0.2) is 72.8 Å². The zero-order valence-electron chi connectivity index (χ0n) is 15.8. The molecule has 0 bridgehead atoms. The molecular weight excluding hydrogens is 352 g/mol. The average molecular weight is 373 g/mol. The Morgan fingerprint density at radius 1 is 1.04 bits per heavy atom. The Hall–Kier alpha value is -3.47. The van der Waals surface area contributed by atoms with Gasteiger partial charge in [0.15, 0.2) is 5.71 Å². The molecule has 0 fully saturated rings. The molecule has 28 heavy (non-hydrogen) atoms. The van der Waals surface area contributed by atoms with Gasteiger partial charge in [-0.2, -0.15) is 4.58 Å². The van der Waals surface area contributed by atoms with E-state index in [4.69, 9.17) is 0 Å². The number of hydrogen-bond acceptors (Lipinski definition) is 3. The number of phenolic OH excluding ortho intramolecular Hbond substituents is 1. The van der Waals surface area contributed by atoms with Crippen molar-refractivity contribution in [2.45, 2.75) is 18.8 Å². The third-order valence-corrected chi connectivity index (χ3v) is 5.58. The summed E-state index contributed by atoms with van der Waals surface area (Å²) in [5, 5.41) is 21.6. The van der Waals surface area contributed by atoms with E-state index in [2.05, 4.69) is 35.8 Å². The summed E-state index contributed by atoms with van der Waals surface area (Å²) in [7, 11) is 2.04. The van der Waals surface area contributed by atoms with Gasteiger partial charge in [-0.25, -0.2) is 0 Å². The van der Waals surface area contributed by atoms with E-state index in [0.717, 1.165) is 22.5 Å². The zero-order valence-corrected chi connectivity index (χ0v) is 15.8. The van der Waals surface area contributed by atoms with Crippen LogP contribution in [0.4, 0.5) is 11.4 Å². The Morgan fingerprint density at radius 2 is 1.71 bits per heavy atom. The first-order chi connectivity index (χ1) is 13.4. The third kappa shape index (κ3) is 2.76. The van der Waals surface area contributed by atoms with Crippen molar-refractivity contribution in [1.82, 2.24) is 0 Å². The summed E-state index contributed by atoms with van der Waals surface area (Å²) in [6, 6.07) is 22.5. The van der Waals surface area contributed by atoms with Crippen molar-refractivity contribution in [1.29, 1.82) is 0 Å². The molecule has 4 rings (SSSR count). The first kappa shape index (κ1) is 17.9. The van der Waals surface area contributed by atoms with Crippen LogP contribution in [0.1, 0.15) is 23.6 Å². The number of rotatable bonds is 4. The van der Waals surface area contributed by atoms with Gasteiger partial charge >= 0.3 is 0 Å². The average Bonchev–Trinajstić information content (AvgIpc) is 2.91. The maximum absolute atomic E-state index is 11.2. The van der Waals surface area contributed by atoms with Gasteiger partial charge in [-0.1, -0.05) is 36.4 Å². The van der Waals surface area contributed by atoms with E-state index in [0.29, 0.717) is 12.0 Å². The highest BCUT2D eigenvalue weighted by Gasteiger charge is 2.48. The summed E-state index contributed by atoms with van der Waals surface area (Å²) in [5.74, 6) is 0.0753. The molecule has 5 heteroatoms. The molecular formula is C23H21N2O3+. The summed E-state index contributed by atoms with van der Waals surface area (Å²) < 4.78 is 2.18. The fourth-order valence-corrected chi connectivity index (χ4v) is 4.35. The number of nitro groups is 1. The molecule has 0 aromatic heterocycles. The fourth-order valence-electron chi connectivity index (χ4n) is 4.35. The second kappa shape index (κ2) is 6.60. The van der Waals surface area contributed by atoms with Gasteiger partial charge in [0.05, 0.1) is 10.3 Å². The van der Waals surface area contributed by atoms with Crippen molar-refractivity contribution in [3.63, 3.8) is 0 Å². The van der Waals surface area contributed by atoms with Crippen LogP contribution in [0.3, 0.4) is 0 Å². The molecule has 0 aliphatic carbocycles. The Morgan fingerprint density at radius 3 is 2.43 bits per heavy atom. The lowest BCUT2D eigenvalue weighted by Crippen LogP contribution is -2.35. The summed E-state index contributed by atoms with van der Waals surface area (Å²) in [5.41, 5.74) is 4.55. The molecule has 5 nitrogen and oxygen atoms in total. The van der Waals surface area contributed by atoms with E-state index >= 15 is 0 Å². The minimum atomic E-state index is -0.445. The largest absolute Gasteiger partial charge is 0.508 e. The predicted molar refractivity (Wildman–Crippen MR) is 109 cm³/mol. The van der Waals surface area contributed by atoms with E-state index in [1.54, 1.807) is 0 Å². The number of phenols is 1. The summed E-state index contributed by atoms with van der Waals surface area (Å²) in [6.07, 6.45) is 0.450. The van der Waals surface area contributed by atoms with Crippen molar-refractivity contribution in [3.05, 3.63) is 99.6 Å². The van der Waals surface area contributed by atoms with E-state index in [1.165, 1.54) is 18.2 Å². The van der Waals surface area contributed by atoms with Crippen LogP contribution < -0.4 is 0 Å². The molecule has 1 unspecified atom stereocenters. The minimum absolute atomic E-state index is 0.0164. The van der Waals surface area contributed by atoms with Gasteiger partial charge in [-0.05, 0) is 31.5 Å². The van der Waals surface area contributed by atoms with E-state index in [1.807, 2.05) is 37.4 Å². The molecule has 1 aliphatic rings. The highest BCUT2D eigenvalue weighted by atomic mass is 16.6. The second-order valence-electron chi connectivity index (χ2n) is 7.37. The van der Waals surface area contributed by atoms with E-state index < -0.39 is 10.3 Å². The summed E-state index contributed by atoms with van der Waals surface area (Å²) >= 11 is 0. The minimum Gasteiger partial charge on any atom is -0.508 e. The third-order valence-electron chi connectivity index (χ3n) is 5.58. The van der Waals surface area contributed by atoms with Crippen molar-refractivity contribution in [2.24, 2.45) is 0 Å². The van der Waals surface area contributed by atoms with Gasteiger partial charge in [-0.3, -0.25) is 10.1 Å². The maximum atomic E-state index is 11.2. The molecule has 0 amide bonds. The van der Waals surface area contributed by atoms with Crippen molar-refractivity contribution >= 4 is 17.1 Å². The Kier molecular flexibility index (Phi) is 4.23. The number of nitro benzene ring substituents is 1. The monoisotopic (exact) mass is 373 g/mol. The molecule has 3 aromatic rings. The predicted octanol–water partition coefficient (Wildman–Crippen LogP) is 4.58. The normalized spacial score (nSPS) is 18.2. The van der Waals surface area contributed by atoms with Crippen LogP contribution in [-0.4, -0.2) is 27.4 Å². The van der Waals surface area contributed by atoms with Crippen molar-refractivity contribution in [3.8, 4) is 5.75 Å². The van der Waals surface area contributed by atoms with Crippen molar-refractivity contribution in [2.75, 3.05) is 7.05 Å². The number of para-hydroxylation sites is 1. The maximum Gasteiger partial charge on any atom is 0.269 e. The van der Waals surface area contributed by atoms with Crippen LogP contribution in [-0.2, 0) is 11.8 Å². The topological polar surface area (TPSA) is 66.4 Å². The number of fused-ring (bicyclic) bond motifs is 1. The fraction of sp³-hybridized carbons (Fsp3) is 0.174. The molecule has 1 heterocycles. The lowest BCUT2D eigenvalue weighted by atomic mass is 9.72. The van der Waals surface area contributed by atoms with Gasteiger partial charge in [-0.15, -0.1) is 0 Å². The second-order valence-corrected chi connectivity index (χ2v) is 7.37. The molecule has 0 saturated carbocycles. The van der Waals surface area contributed by atoms with Crippen molar-refractivity contribution < 1.29 is 14.6 Å². The highest BCUT2D eigenvalue weighted by Crippen LogP contribution is 2.44. The van der Waals surface area contributed by atoms with E-state index in [9.17, 15) is 15.2 Å². The van der Waals surface area contributed by atoms with Gasteiger partial charge < -0.3 is 5.11 Å². The Labute approximate surface area is 163 Å². The lowest BCUT2D eigenvalue weighted by Gasteiger charge is -2.24. The standard InChI is InChI=1S/C23H20N2O3/c1-23(15-17-14-18(25(27)28)12-13-21(17)26)19-10-6-7-11-20(19)24(2)22(23)16-8-4-3-5-9-16/h3-14H,15H2,1-2H3/p+1. The first-order valence-electron chi connectivity index (χ1n) is 9.14. The summed E-state index contributed by atoms with van der Waals surface area (Å²) in [6.45, 7) is 2.13. The smallest absolute Gasteiger partial charge is 0.269 e. The van der Waals surface area contributed by atoms with Gasteiger partial charge in [0, 0.05) is 34.9 Å². The Balaban J connectivity index is 1.90.